The summed E-state index contributed by atoms with van der Waals surface area (Å²) in [6.07, 6.45) is -3.41. The summed E-state index contributed by atoms with van der Waals surface area (Å²) in [4.78, 5) is 14.1. The molecule has 0 amide bonds. The van der Waals surface area contributed by atoms with Crippen molar-refractivity contribution in [3.05, 3.63) is 0 Å². The highest BCUT2D eigenvalue weighted by atomic mass is 19.4. The topological polar surface area (TPSA) is 43.8 Å². The highest BCUT2D eigenvalue weighted by molar-refractivity contribution is 5.67. The Bertz CT molecular complexity index is 322. The van der Waals surface area contributed by atoms with Crippen LogP contribution < -0.4 is 0 Å². The third-order valence-electron chi connectivity index (χ3n) is 3.81. The van der Waals surface area contributed by atoms with Crippen molar-refractivity contribution in [3.63, 3.8) is 0 Å². The molecular weight excluding hydrogens is 249 g/mol. The molecule has 0 aliphatic carbocycles. The van der Waals surface area contributed by atoms with Gasteiger partial charge in [-0.2, -0.15) is 13.2 Å². The van der Waals surface area contributed by atoms with E-state index >= 15 is 0 Å². The molecule has 2 aliphatic heterocycles. The largest absolute Gasteiger partial charge is 0.481 e. The van der Waals surface area contributed by atoms with Gasteiger partial charge in [0.1, 0.15) is 6.04 Å². The number of hydrogen-bond donors (Lipinski definition) is 1. The first-order valence-electron chi connectivity index (χ1n) is 6.14. The van der Waals surface area contributed by atoms with Gasteiger partial charge in [-0.15, -0.1) is 0 Å². The van der Waals surface area contributed by atoms with Crippen LogP contribution in [0.5, 0.6) is 0 Å². The van der Waals surface area contributed by atoms with Crippen LogP contribution >= 0.6 is 0 Å². The molecule has 18 heavy (non-hydrogen) atoms. The van der Waals surface area contributed by atoms with Gasteiger partial charge >= 0.3 is 12.1 Å². The van der Waals surface area contributed by atoms with Crippen LogP contribution in [0.1, 0.15) is 19.3 Å². The van der Waals surface area contributed by atoms with E-state index in [9.17, 15) is 18.0 Å². The summed E-state index contributed by atoms with van der Waals surface area (Å²) in [6.45, 7) is 2.19. The predicted molar refractivity (Wildman–Crippen MR) is 58.3 cm³/mol. The Balaban J connectivity index is 2.04. The quantitative estimate of drug-likeness (QED) is 0.833. The summed E-state index contributed by atoms with van der Waals surface area (Å²) in [5.74, 6) is -1.40. The van der Waals surface area contributed by atoms with Crippen molar-refractivity contribution in [2.45, 2.75) is 37.5 Å². The molecule has 4 nitrogen and oxygen atoms in total. The Morgan fingerprint density at radius 3 is 2.67 bits per heavy atom. The Morgan fingerprint density at radius 2 is 2.06 bits per heavy atom. The predicted octanol–water partition coefficient (Wildman–Crippen LogP) is 1.17. The van der Waals surface area contributed by atoms with Gasteiger partial charge in [-0.05, 0) is 19.4 Å². The summed E-state index contributed by atoms with van der Waals surface area (Å²) >= 11 is 0. The fourth-order valence-electron chi connectivity index (χ4n) is 2.92. The van der Waals surface area contributed by atoms with E-state index in [0.29, 0.717) is 19.6 Å². The lowest BCUT2D eigenvalue weighted by Gasteiger charge is -2.41. The number of halogens is 3. The number of fused-ring (bicyclic) bond motifs is 1. The number of rotatable bonds is 3. The molecule has 0 spiro atoms. The zero-order chi connectivity index (χ0) is 13.3. The van der Waals surface area contributed by atoms with E-state index in [1.807, 2.05) is 0 Å². The van der Waals surface area contributed by atoms with Crippen molar-refractivity contribution in [1.29, 1.82) is 0 Å². The monoisotopic (exact) mass is 266 g/mol. The van der Waals surface area contributed by atoms with E-state index in [0.717, 1.165) is 19.4 Å². The van der Waals surface area contributed by atoms with Gasteiger partial charge in [0.2, 0.25) is 0 Å². The van der Waals surface area contributed by atoms with Crippen LogP contribution in [0.3, 0.4) is 0 Å². The maximum atomic E-state index is 12.9. The summed E-state index contributed by atoms with van der Waals surface area (Å²) < 4.78 is 38.7. The number of nitrogens with zero attached hydrogens (tertiary/aromatic N) is 2. The number of piperazine rings is 1. The zero-order valence-corrected chi connectivity index (χ0v) is 9.99. The molecule has 0 aromatic carbocycles. The molecule has 2 saturated heterocycles. The van der Waals surface area contributed by atoms with Crippen molar-refractivity contribution in [1.82, 2.24) is 9.80 Å². The van der Waals surface area contributed by atoms with Crippen LogP contribution in [0.2, 0.25) is 0 Å². The first kappa shape index (κ1) is 13.6. The third-order valence-corrected chi connectivity index (χ3v) is 3.81. The molecule has 2 heterocycles. The van der Waals surface area contributed by atoms with Crippen LogP contribution in [-0.2, 0) is 4.79 Å². The summed E-state index contributed by atoms with van der Waals surface area (Å²) in [5.41, 5.74) is 0. The van der Waals surface area contributed by atoms with Crippen LogP contribution in [0.15, 0.2) is 0 Å². The molecule has 2 unspecified atom stereocenters. The highest BCUT2D eigenvalue weighted by Crippen LogP contribution is 2.31. The third kappa shape index (κ3) is 2.95. The fourth-order valence-corrected chi connectivity index (χ4v) is 2.92. The van der Waals surface area contributed by atoms with Gasteiger partial charge in [0.05, 0.1) is 6.42 Å². The Morgan fingerprint density at radius 1 is 1.33 bits per heavy atom. The number of aliphatic carboxylic acids is 1. The molecular formula is C11H17F3N2O2. The second-order valence-corrected chi connectivity index (χ2v) is 4.98. The number of carbonyl (C=O) groups is 1. The van der Waals surface area contributed by atoms with Crippen LogP contribution in [-0.4, -0.2) is 65.3 Å². The van der Waals surface area contributed by atoms with E-state index in [2.05, 4.69) is 4.90 Å². The normalized spacial score (nSPS) is 28.1. The average molecular weight is 266 g/mol. The van der Waals surface area contributed by atoms with Crippen LogP contribution in [0, 0.1) is 0 Å². The number of carboxylic acid groups (broad SMARTS) is 1. The summed E-state index contributed by atoms with van der Waals surface area (Å²) in [5, 5.41) is 8.63. The Labute approximate surface area is 103 Å². The van der Waals surface area contributed by atoms with Gasteiger partial charge in [0.15, 0.2) is 0 Å². The molecule has 2 aliphatic rings. The molecule has 2 atom stereocenters. The van der Waals surface area contributed by atoms with Crippen molar-refractivity contribution in [2.75, 3.05) is 26.2 Å². The van der Waals surface area contributed by atoms with Gasteiger partial charge < -0.3 is 5.11 Å². The number of alkyl halides is 3. The first-order valence-corrected chi connectivity index (χ1v) is 6.14. The van der Waals surface area contributed by atoms with Crippen molar-refractivity contribution in [2.24, 2.45) is 0 Å². The van der Waals surface area contributed by atoms with E-state index in [4.69, 9.17) is 5.11 Å². The molecule has 1 N–H and O–H groups in total. The maximum Gasteiger partial charge on any atom is 0.404 e. The molecule has 0 aromatic heterocycles. The molecule has 7 heteroatoms. The lowest BCUT2D eigenvalue weighted by molar-refractivity contribution is -0.195. The minimum absolute atomic E-state index is 0.164. The zero-order valence-electron chi connectivity index (χ0n) is 9.99. The van der Waals surface area contributed by atoms with Crippen molar-refractivity contribution < 1.29 is 23.1 Å². The first-order chi connectivity index (χ1) is 8.38. The van der Waals surface area contributed by atoms with Crippen LogP contribution in [0.4, 0.5) is 13.2 Å². The van der Waals surface area contributed by atoms with Gasteiger partial charge in [-0.3, -0.25) is 14.6 Å². The lowest BCUT2D eigenvalue weighted by atomic mass is 10.1. The Hall–Kier alpha value is -0.820. The summed E-state index contributed by atoms with van der Waals surface area (Å²) in [7, 11) is 0. The smallest absolute Gasteiger partial charge is 0.404 e. The van der Waals surface area contributed by atoms with Gasteiger partial charge in [-0.1, -0.05) is 0 Å². The maximum absolute atomic E-state index is 12.9. The molecule has 0 radical (unpaired) electrons. The molecule has 0 bridgehead atoms. The van der Waals surface area contributed by atoms with E-state index in [1.165, 1.54) is 4.90 Å². The Kier molecular flexibility index (Phi) is 3.82. The molecule has 0 saturated carbocycles. The second-order valence-electron chi connectivity index (χ2n) is 4.98. The fraction of sp³-hybridized carbons (Fsp3) is 0.909. The SMILES string of the molecule is O=C(O)CC(N1CCN2CCCC2C1)C(F)(F)F. The standard InChI is InChI=1S/C11H17F3N2O2/c12-11(13,14)9(6-10(17)18)16-5-4-15-3-1-2-8(15)7-16/h8-9H,1-7H2,(H,17,18). The van der Waals surface area contributed by atoms with E-state index in [-0.39, 0.29) is 6.04 Å². The molecule has 104 valence electrons. The second kappa shape index (κ2) is 5.05. The lowest BCUT2D eigenvalue weighted by Crippen LogP contribution is -2.57. The van der Waals surface area contributed by atoms with Gasteiger partial charge in [0, 0.05) is 25.7 Å². The molecule has 0 aromatic rings. The van der Waals surface area contributed by atoms with Gasteiger partial charge in [0.25, 0.3) is 0 Å². The molecule has 2 rings (SSSR count). The number of carboxylic acids is 1. The minimum Gasteiger partial charge on any atom is -0.481 e. The van der Waals surface area contributed by atoms with E-state index < -0.39 is 24.6 Å². The van der Waals surface area contributed by atoms with E-state index in [1.54, 1.807) is 0 Å². The van der Waals surface area contributed by atoms with Crippen molar-refractivity contribution in [3.8, 4) is 0 Å². The van der Waals surface area contributed by atoms with Gasteiger partial charge in [-0.25, -0.2) is 0 Å². The molecule has 2 fully saturated rings. The minimum atomic E-state index is -4.47. The highest BCUT2D eigenvalue weighted by Gasteiger charge is 2.47. The summed E-state index contributed by atoms with van der Waals surface area (Å²) in [6, 6.07) is -1.69. The van der Waals surface area contributed by atoms with Crippen molar-refractivity contribution >= 4 is 5.97 Å². The van der Waals surface area contributed by atoms with Crippen LogP contribution in [0.25, 0.3) is 0 Å². The average Bonchev–Trinajstić information content (AvgIpc) is 2.70. The number of hydrogen-bond acceptors (Lipinski definition) is 3.